The lowest BCUT2D eigenvalue weighted by molar-refractivity contribution is 0.179. The molecule has 15 aromatic rings. The molecule has 0 amide bonds. The molecule has 2 fully saturated rings. The average molecular weight is 1380 g/mol. The topological polar surface area (TPSA) is 14.7 Å². The maximum absolute atomic E-state index is 2.86. The van der Waals surface area contributed by atoms with Gasteiger partial charge in [0, 0.05) is 79.2 Å². The van der Waals surface area contributed by atoms with Gasteiger partial charge in [-0.3, -0.25) is 0 Å². The Hall–Kier alpha value is -11.7. The second-order valence-electron chi connectivity index (χ2n) is 33.0. The van der Waals surface area contributed by atoms with Crippen molar-refractivity contribution in [1.82, 2.24) is 4.57 Å². The molecule has 520 valence electrons. The summed E-state index contributed by atoms with van der Waals surface area (Å²) in [6.45, 7) is 18.8. The van der Waals surface area contributed by atoms with E-state index in [9.17, 15) is 0 Å². The van der Waals surface area contributed by atoms with Crippen LogP contribution in [0, 0.1) is 11.8 Å². The van der Waals surface area contributed by atoms with Crippen molar-refractivity contribution in [3.05, 3.63) is 333 Å². The van der Waals surface area contributed by atoms with E-state index < -0.39 is 0 Å². The second-order valence-corrected chi connectivity index (χ2v) is 33.0. The molecular formula is C102H89BN4. The van der Waals surface area contributed by atoms with Gasteiger partial charge < -0.3 is 19.3 Å². The van der Waals surface area contributed by atoms with E-state index in [4.69, 9.17) is 0 Å². The summed E-state index contributed by atoms with van der Waals surface area (Å²) in [6.07, 6.45) is 4.95. The number of aromatic nitrogens is 1. The first-order chi connectivity index (χ1) is 52.1. The smallest absolute Gasteiger partial charge is 0.252 e. The molecule has 4 heterocycles. The van der Waals surface area contributed by atoms with Crippen LogP contribution in [0.5, 0.6) is 0 Å². The number of nitrogens with zero attached hydrogens (tertiary/aromatic N) is 4. The second kappa shape index (κ2) is 26.1. The fourth-order valence-corrected chi connectivity index (χ4v) is 19.0. The van der Waals surface area contributed by atoms with Crippen LogP contribution in [0.2, 0.25) is 0 Å². The summed E-state index contributed by atoms with van der Waals surface area (Å²) in [4.78, 5) is 8.37. The van der Waals surface area contributed by atoms with Crippen molar-refractivity contribution in [2.24, 2.45) is 11.8 Å². The van der Waals surface area contributed by atoms with E-state index in [1.807, 2.05) is 0 Å². The maximum atomic E-state index is 2.86. The highest BCUT2D eigenvalue weighted by molar-refractivity contribution is 7.00. The third-order valence-electron chi connectivity index (χ3n) is 24.0. The summed E-state index contributed by atoms with van der Waals surface area (Å²) < 4.78 is 2.58. The van der Waals surface area contributed by atoms with Crippen LogP contribution >= 0.6 is 0 Å². The van der Waals surface area contributed by atoms with E-state index in [-0.39, 0.29) is 17.5 Å². The molecule has 4 nitrogen and oxygen atoms in total. The molecule has 1 aromatic heterocycles. The number of hydrogen-bond donors (Lipinski definition) is 0. The van der Waals surface area contributed by atoms with Crippen molar-refractivity contribution < 1.29 is 0 Å². The van der Waals surface area contributed by atoms with Crippen molar-refractivity contribution in [3.63, 3.8) is 0 Å². The van der Waals surface area contributed by atoms with Gasteiger partial charge in [0.1, 0.15) is 0 Å². The van der Waals surface area contributed by atoms with E-state index in [2.05, 4.69) is 396 Å². The highest BCUT2D eigenvalue weighted by Gasteiger charge is 2.47. The highest BCUT2D eigenvalue weighted by atomic mass is 15.2. The molecule has 1 saturated heterocycles. The SMILES string of the molecule is CC1CC2CC(C)N(c3ccc4c(c3)N(c3c(-c5ccccc5)cc(-c5ccccc5)cc3-c3ccccc3)c3cc(-c5ccccc5)cc5c3B4c3ccc(-n4c6ccc(C(C)(C)C)cc6c6cc(C(C)(C)C)ccc64)cc3N5c3c(-c4ccccc4)cc(-c4ccccc4)cc3-c3ccccc3)C(C1)C2. The summed E-state index contributed by atoms with van der Waals surface area (Å²) in [5, 5.41) is 2.54. The summed E-state index contributed by atoms with van der Waals surface area (Å²) >= 11 is 0. The van der Waals surface area contributed by atoms with Crippen LogP contribution < -0.4 is 31.1 Å². The summed E-state index contributed by atoms with van der Waals surface area (Å²) in [5.41, 5.74) is 34.2. The normalized spacial score (nSPS) is 16.7. The molecule has 4 atom stereocenters. The predicted molar refractivity (Wildman–Crippen MR) is 457 cm³/mol. The Kier molecular flexibility index (Phi) is 16.1. The zero-order chi connectivity index (χ0) is 72.4. The predicted octanol–water partition coefficient (Wildman–Crippen LogP) is 25.5. The van der Waals surface area contributed by atoms with Gasteiger partial charge in [0.05, 0.1) is 22.4 Å². The van der Waals surface area contributed by atoms with E-state index >= 15 is 0 Å². The van der Waals surface area contributed by atoms with Crippen LogP contribution in [0.15, 0.2) is 322 Å². The van der Waals surface area contributed by atoms with Crippen molar-refractivity contribution in [1.29, 1.82) is 0 Å². The lowest BCUT2D eigenvalue weighted by atomic mass is 9.33. The highest BCUT2D eigenvalue weighted by Crippen LogP contribution is 2.57. The fourth-order valence-electron chi connectivity index (χ4n) is 19.0. The van der Waals surface area contributed by atoms with Crippen molar-refractivity contribution in [2.45, 2.75) is 104 Å². The van der Waals surface area contributed by atoms with Gasteiger partial charge in [-0.25, -0.2) is 0 Å². The Balaban J connectivity index is 0.987. The van der Waals surface area contributed by atoms with Crippen LogP contribution in [0.3, 0.4) is 0 Å². The van der Waals surface area contributed by atoms with E-state index in [1.54, 1.807) is 0 Å². The van der Waals surface area contributed by atoms with Crippen LogP contribution in [-0.4, -0.2) is 23.4 Å². The number of anilines is 7. The Bertz CT molecular complexity index is 5700. The lowest BCUT2D eigenvalue weighted by Gasteiger charge is -2.51. The van der Waals surface area contributed by atoms with Gasteiger partial charge >= 0.3 is 0 Å². The molecule has 4 aliphatic rings. The van der Waals surface area contributed by atoms with E-state index in [0.29, 0.717) is 18.0 Å². The molecule has 107 heavy (non-hydrogen) atoms. The Morgan fingerprint density at radius 1 is 0.308 bits per heavy atom. The zero-order valence-corrected chi connectivity index (χ0v) is 62.6. The van der Waals surface area contributed by atoms with Crippen molar-refractivity contribution in [3.8, 4) is 83.6 Å². The van der Waals surface area contributed by atoms with Gasteiger partial charge in [-0.05, 0) is 223 Å². The summed E-state index contributed by atoms with van der Waals surface area (Å²) in [7, 11) is 0. The summed E-state index contributed by atoms with van der Waals surface area (Å²) in [6, 6.07) is 124. The van der Waals surface area contributed by atoms with Crippen LogP contribution in [0.1, 0.15) is 92.2 Å². The van der Waals surface area contributed by atoms with Gasteiger partial charge in [-0.1, -0.05) is 285 Å². The molecule has 19 rings (SSSR count). The maximum Gasteiger partial charge on any atom is 0.252 e. The quantitative estimate of drug-likeness (QED) is 0.120. The first-order valence-electron chi connectivity index (χ1n) is 38.8. The van der Waals surface area contributed by atoms with E-state index in [0.717, 1.165) is 101 Å². The van der Waals surface area contributed by atoms with Crippen LogP contribution in [-0.2, 0) is 10.8 Å². The first-order valence-corrected chi connectivity index (χ1v) is 38.8. The zero-order valence-electron chi connectivity index (χ0n) is 62.6. The minimum absolute atomic E-state index is 0.0571. The van der Waals surface area contributed by atoms with Gasteiger partial charge in [0.25, 0.3) is 6.71 Å². The monoisotopic (exact) mass is 1380 g/mol. The molecule has 4 unspecified atom stereocenters. The van der Waals surface area contributed by atoms with Gasteiger partial charge in [0.15, 0.2) is 0 Å². The van der Waals surface area contributed by atoms with Crippen LogP contribution in [0.4, 0.5) is 39.8 Å². The largest absolute Gasteiger partial charge is 0.366 e. The Morgan fingerprint density at radius 3 is 1.05 bits per heavy atom. The molecule has 5 heteroatoms. The van der Waals surface area contributed by atoms with E-state index in [1.165, 1.54) is 103 Å². The van der Waals surface area contributed by atoms with Gasteiger partial charge in [0.2, 0.25) is 0 Å². The fraction of sp³-hybridized carbons (Fsp3) is 0.176. The minimum Gasteiger partial charge on any atom is -0.366 e. The molecule has 1 aliphatic carbocycles. The Labute approximate surface area is 632 Å². The molecule has 1 saturated carbocycles. The molecule has 0 radical (unpaired) electrons. The standard InChI is InChI=1S/C102H89BN4/c1-66-52-68-54-67(2)104(83(53-66)55-68)81-46-48-90-94(64-81)106(99-84(72-36-22-12-23-37-72)56-76(69-30-16-9-17-31-69)57-85(99)73-38-24-13-25-39-73)96-60-78(71-34-20-11-21-35-71)61-97-98(96)103(90)91-49-47-82(105-92-50-44-79(101(3,4)5)62-88(92)89-63-80(102(6,7)8)45-51-93(89)105)65-95(91)107(97)100-86(74-40-26-14-27-41-74)58-77(70-32-18-10-19-33-70)59-87(100)75-42-28-15-29-43-75/h9-51,56-68,83H,52-55H2,1-8H3. The van der Waals surface area contributed by atoms with Crippen molar-refractivity contribution >= 4 is 84.7 Å². The van der Waals surface area contributed by atoms with Gasteiger partial charge in [-0.15, -0.1) is 0 Å². The molecule has 2 bridgehead atoms. The molecule has 3 aliphatic heterocycles. The van der Waals surface area contributed by atoms with Crippen molar-refractivity contribution in [2.75, 3.05) is 14.7 Å². The van der Waals surface area contributed by atoms with Gasteiger partial charge in [-0.2, -0.15) is 0 Å². The number of hydrogen-bond acceptors (Lipinski definition) is 3. The lowest BCUT2D eigenvalue weighted by Crippen LogP contribution is -2.61. The Morgan fingerprint density at radius 2 is 0.664 bits per heavy atom. The number of piperidine rings is 1. The number of rotatable bonds is 11. The average Bonchev–Trinajstić information content (AvgIpc) is 0.882. The first kappa shape index (κ1) is 66.1. The minimum atomic E-state index is -0.224. The van der Waals surface area contributed by atoms with Crippen LogP contribution in [0.25, 0.3) is 105 Å². The number of benzene rings is 14. The molecular weight excluding hydrogens is 1290 g/mol. The molecule has 0 spiro atoms. The molecule has 14 aromatic carbocycles. The molecule has 0 N–H and O–H groups in total. The third kappa shape index (κ3) is 11.5. The number of fused-ring (bicyclic) bond motifs is 9. The summed E-state index contributed by atoms with van der Waals surface area (Å²) in [5.74, 6) is 1.41. The third-order valence-corrected chi connectivity index (χ3v) is 24.0.